The Labute approximate surface area is 326 Å². The largest absolute Gasteiger partial charge is 0.310 e. The van der Waals surface area contributed by atoms with Gasteiger partial charge in [-0.15, -0.1) is 22.7 Å². The average Bonchev–Trinajstić information content (AvgIpc) is 3.89. The SMILES string of the molecule is c1ccc2c(-c3ccc4cc(N(c5ccc(-c6nc7ccccc7s6)cc5)c5ccc(-c6nc7ccccc7s6)cc5)ccc4c3)c3ccccc3cc2c1. The molecule has 9 aromatic carbocycles. The van der Waals surface area contributed by atoms with Gasteiger partial charge in [-0.05, 0) is 141 Å². The molecule has 11 aromatic rings. The van der Waals surface area contributed by atoms with Crippen molar-refractivity contribution in [3.8, 4) is 32.3 Å². The van der Waals surface area contributed by atoms with Gasteiger partial charge in [-0.1, -0.05) is 91.0 Å². The van der Waals surface area contributed by atoms with Gasteiger partial charge in [0.2, 0.25) is 0 Å². The zero-order chi connectivity index (χ0) is 36.3. The highest BCUT2D eigenvalue weighted by molar-refractivity contribution is 7.22. The first-order chi connectivity index (χ1) is 27.2. The van der Waals surface area contributed by atoms with Gasteiger partial charge in [0.05, 0.1) is 20.4 Å². The zero-order valence-corrected chi connectivity index (χ0v) is 31.2. The molecule has 258 valence electrons. The molecule has 0 amide bonds. The molecule has 0 unspecified atom stereocenters. The minimum absolute atomic E-state index is 1.03. The molecule has 0 saturated heterocycles. The van der Waals surface area contributed by atoms with Gasteiger partial charge < -0.3 is 4.90 Å². The van der Waals surface area contributed by atoms with Crippen molar-refractivity contribution >= 4 is 92.5 Å². The summed E-state index contributed by atoms with van der Waals surface area (Å²) in [6.07, 6.45) is 0. The number of rotatable bonds is 6. The van der Waals surface area contributed by atoms with Crippen LogP contribution in [-0.2, 0) is 0 Å². The lowest BCUT2D eigenvalue weighted by molar-refractivity contribution is 1.29. The first-order valence-corrected chi connectivity index (χ1v) is 20.0. The molecule has 0 saturated carbocycles. The van der Waals surface area contributed by atoms with Gasteiger partial charge in [0.25, 0.3) is 0 Å². The predicted octanol–water partition coefficient (Wildman–Crippen LogP) is 14.8. The maximum Gasteiger partial charge on any atom is 0.124 e. The third-order valence-corrected chi connectivity index (χ3v) is 12.6. The van der Waals surface area contributed by atoms with Crippen LogP contribution in [0.4, 0.5) is 17.1 Å². The van der Waals surface area contributed by atoms with E-state index in [2.05, 4.69) is 181 Å². The molecule has 5 heteroatoms. The van der Waals surface area contributed by atoms with Gasteiger partial charge in [0.15, 0.2) is 0 Å². The summed E-state index contributed by atoms with van der Waals surface area (Å²) in [6, 6.07) is 67.7. The number of benzene rings is 9. The van der Waals surface area contributed by atoms with E-state index in [0.29, 0.717) is 0 Å². The Morgan fingerprint density at radius 3 is 1.36 bits per heavy atom. The van der Waals surface area contributed by atoms with Crippen LogP contribution in [0.3, 0.4) is 0 Å². The van der Waals surface area contributed by atoms with Gasteiger partial charge in [0, 0.05) is 28.2 Å². The second-order valence-corrected chi connectivity index (χ2v) is 15.9. The molecule has 2 heterocycles. The van der Waals surface area contributed by atoms with Crippen molar-refractivity contribution in [2.75, 3.05) is 4.90 Å². The standard InChI is InChI=1S/C50H31N3S2/c1-3-11-42-36(9-1)30-37-10-2-4-12-43(37)48(42)38-18-17-35-31-41(28-23-34(35)29-38)53(39-24-19-32(20-25-39)49-51-44-13-5-7-15-46(44)54-49)40-26-21-33(22-27-40)50-52-45-14-6-8-16-47(45)55-50/h1-31H. The fourth-order valence-electron chi connectivity index (χ4n) is 7.80. The second kappa shape index (κ2) is 13.0. The third-order valence-electron chi connectivity index (χ3n) is 10.5. The number of fused-ring (bicyclic) bond motifs is 5. The van der Waals surface area contributed by atoms with E-state index in [0.717, 1.165) is 49.2 Å². The van der Waals surface area contributed by atoms with Crippen LogP contribution in [0.2, 0.25) is 0 Å². The van der Waals surface area contributed by atoms with Gasteiger partial charge in [-0.3, -0.25) is 0 Å². The number of hydrogen-bond acceptors (Lipinski definition) is 5. The highest BCUT2D eigenvalue weighted by atomic mass is 32.1. The number of thiazole rings is 2. The van der Waals surface area contributed by atoms with E-state index < -0.39 is 0 Å². The number of aromatic nitrogens is 2. The Morgan fingerprint density at radius 1 is 0.345 bits per heavy atom. The Morgan fingerprint density at radius 2 is 0.800 bits per heavy atom. The smallest absolute Gasteiger partial charge is 0.124 e. The lowest BCUT2D eigenvalue weighted by atomic mass is 9.91. The third kappa shape index (κ3) is 5.64. The minimum Gasteiger partial charge on any atom is -0.310 e. The number of para-hydroxylation sites is 2. The Balaban J connectivity index is 1.01. The summed E-state index contributed by atoms with van der Waals surface area (Å²) in [6.45, 7) is 0. The fraction of sp³-hybridized carbons (Fsp3) is 0. The summed E-state index contributed by atoms with van der Waals surface area (Å²) in [7, 11) is 0. The molecule has 0 N–H and O–H groups in total. The molecule has 0 aliphatic heterocycles. The molecular formula is C50H31N3S2. The van der Waals surface area contributed by atoms with Crippen LogP contribution in [0.25, 0.3) is 85.0 Å². The normalized spacial score (nSPS) is 11.6. The van der Waals surface area contributed by atoms with Crippen molar-refractivity contribution < 1.29 is 0 Å². The first kappa shape index (κ1) is 31.8. The topological polar surface area (TPSA) is 29.0 Å². The Hall–Kier alpha value is -6.66. The van der Waals surface area contributed by atoms with Crippen molar-refractivity contribution in [3.63, 3.8) is 0 Å². The molecule has 3 nitrogen and oxygen atoms in total. The molecule has 0 radical (unpaired) electrons. The summed E-state index contributed by atoms with van der Waals surface area (Å²) in [4.78, 5) is 12.2. The zero-order valence-electron chi connectivity index (χ0n) is 29.6. The highest BCUT2D eigenvalue weighted by Gasteiger charge is 2.17. The van der Waals surface area contributed by atoms with Crippen LogP contribution in [-0.4, -0.2) is 9.97 Å². The molecule has 0 bridgehead atoms. The second-order valence-electron chi connectivity index (χ2n) is 13.8. The van der Waals surface area contributed by atoms with Crippen molar-refractivity contribution in [3.05, 3.63) is 188 Å². The van der Waals surface area contributed by atoms with Gasteiger partial charge in [0.1, 0.15) is 10.0 Å². The molecular weight excluding hydrogens is 707 g/mol. The van der Waals surface area contributed by atoms with Crippen LogP contribution in [0.1, 0.15) is 0 Å². The molecule has 0 fully saturated rings. The van der Waals surface area contributed by atoms with Crippen molar-refractivity contribution in [1.29, 1.82) is 0 Å². The van der Waals surface area contributed by atoms with Crippen molar-refractivity contribution in [2.45, 2.75) is 0 Å². The highest BCUT2D eigenvalue weighted by Crippen LogP contribution is 2.42. The number of hydrogen-bond donors (Lipinski definition) is 0. The van der Waals surface area contributed by atoms with E-state index in [1.54, 1.807) is 22.7 Å². The van der Waals surface area contributed by atoms with E-state index in [9.17, 15) is 0 Å². The molecule has 11 rings (SSSR count). The number of anilines is 3. The average molecular weight is 738 g/mol. The quantitative estimate of drug-likeness (QED) is 0.159. The predicted molar refractivity (Wildman–Crippen MR) is 236 cm³/mol. The Bertz CT molecular complexity index is 2980. The van der Waals surface area contributed by atoms with Crippen LogP contribution in [0, 0.1) is 0 Å². The molecule has 0 spiro atoms. The summed E-state index contributed by atoms with van der Waals surface area (Å²) in [5.74, 6) is 0. The fourth-order valence-corrected chi connectivity index (χ4v) is 9.74. The van der Waals surface area contributed by atoms with E-state index in [4.69, 9.17) is 9.97 Å². The molecule has 55 heavy (non-hydrogen) atoms. The molecule has 2 aromatic heterocycles. The van der Waals surface area contributed by atoms with Crippen LogP contribution in [0.5, 0.6) is 0 Å². The van der Waals surface area contributed by atoms with E-state index in [-0.39, 0.29) is 0 Å². The number of nitrogens with zero attached hydrogens (tertiary/aromatic N) is 3. The maximum atomic E-state index is 4.92. The molecule has 0 atom stereocenters. The first-order valence-electron chi connectivity index (χ1n) is 18.4. The Kier molecular flexibility index (Phi) is 7.54. The van der Waals surface area contributed by atoms with E-state index >= 15 is 0 Å². The molecule has 0 aliphatic rings. The van der Waals surface area contributed by atoms with Gasteiger partial charge in [-0.2, -0.15) is 0 Å². The summed E-state index contributed by atoms with van der Waals surface area (Å²) >= 11 is 3.46. The van der Waals surface area contributed by atoms with E-state index in [1.807, 2.05) is 12.1 Å². The van der Waals surface area contributed by atoms with Gasteiger partial charge >= 0.3 is 0 Å². The van der Waals surface area contributed by atoms with Crippen molar-refractivity contribution in [2.24, 2.45) is 0 Å². The van der Waals surface area contributed by atoms with Crippen LogP contribution in [0.15, 0.2) is 188 Å². The summed E-state index contributed by atoms with van der Waals surface area (Å²) < 4.78 is 2.40. The lowest BCUT2D eigenvalue weighted by Crippen LogP contribution is -2.09. The van der Waals surface area contributed by atoms with E-state index in [1.165, 1.54) is 52.8 Å². The maximum absolute atomic E-state index is 4.92. The summed E-state index contributed by atoms with van der Waals surface area (Å²) in [5, 5.41) is 9.50. The van der Waals surface area contributed by atoms with Crippen LogP contribution < -0.4 is 4.90 Å². The summed E-state index contributed by atoms with van der Waals surface area (Å²) in [5.41, 5.74) is 10.1. The monoisotopic (exact) mass is 737 g/mol. The van der Waals surface area contributed by atoms with Gasteiger partial charge in [-0.25, -0.2) is 9.97 Å². The lowest BCUT2D eigenvalue weighted by Gasteiger charge is -2.26. The molecule has 0 aliphatic carbocycles. The minimum atomic E-state index is 1.03. The van der Waals surface area contributed by atoms with Crippen molar-refractivity contribution in [1.82, 2.24) is 9.97 Å². The van der Waals surface area contributed by atoms with Crippen LogP contribution >= 0.6 is 22.7 Å².